The molecule has 1 aliphatic heterocycles. The van der Waals surface area contributed by atoms with E-state index in [4.69, 9.17) is 4.74 Å². The Kier molecular flexibility index (Phi) is 6.22. The molecule has 4 rings (SSSR count). The summed E-state index contributed by atoms with van der Waals surface area (Å²) in [4.78, 5) is 19.2. The van der Waals surface area contributed by atoms with Gasteiger partial charge in [0.25, 0.3) is 5.91 Å². The van der Waals surface area contributed by atoms with Gasteiger partial charge in [-0.05, 0) is 55.8 Å². The normalized spacial score (nSPS) is 14.1. The maximum Gasteiger partial charge on any atom is 0.255 e. The fourth-order valence-corrected chi connectivity index (χ4v) is 3.57. The SMILES string of the molecule is O=C(Nc1cccc(OCCN2CCCC2)c1)c1cccc(Cn2ccnc2)c1. The first-order valence-corrected chi connectivity index (χ1v) is 10.1. The minimum absolute atomic E-state index is 0.133. The van der Waals surface area contributed by atoms with Crippen LogP contribution in [0.5, 0.6) is 5.75 Å². The number of benzene rings is 2. The molecule has 29 heavy (non-hydrogen) atoms. The van der Waals surface area contributed by atoms with Gasteiger partial charge in [-0.15, -0.1) is 0 Å². The Bertz CT molecular complexity index is 934. The van der Waals surface area contributed by atoms with Crippen molar-refractivity contribution in [2.75, 3.05) is 31.6 Å². The molecule has 6 nitrogen and oxygen atoms in total. The topological polar surface area (TPSA) is 59.4 Å². The van der Waals surface area contributed by atoms with Gasteiger partial charge in [0.2, 0.25) is 0 Å². The molecule has 2 heterocycles. The van der Waals surface area contributed by atoms with Crippen molar-refractivity contribution in [1.29, 1.82) is 0 Å². The summed E-state index contributed by atoms with van der Waals surface area (Å²) in [5, 5.41) is 2.97. The zero-order chi connectivity index (χ0) is 19.9. The molecule has 2 aromatic carbocycles. The van der Waals surface area contributed by atoms with Crippen LogP contribution in [0.1, 0.15) is 28.8 Å². The number of amides is 1. The number of rotatable bonds is 8. The number of nitrogens with one attached hydrogen (secondary N) is 1. The third-order valence-electron chi connectivity index (χ3n) is 5.08. The van der Waals surface area contributed by atoms with Gasteiger partial charge in [0.05, 0.1) is 6.33 Å². The molecular weight excluding hydrogens is 364 g/mol. The predicted molar refractivity (Wildman–Crippen MR) is 113 cm³/mol. The molecule has 150 valence electrons. The molecule has 0 spiro atoms. The highest BCUT2D eigenvalue weighted by Gasteiger charge is 2.11. The van der Waals surface area contributed by atoms with E-state index in [0.717, 1.165) is 23.5 Å². The van der Waals surface area contributed by atoms with Crippen LogP contribution in [0, 0.1) is 0 Å². The van der Waals surface area contributed by atoms with Gasteiger partial charge < -0.3 is 14.6 Å². The molecule has 0 bridgehead atoms. The lowest BCUT2D eigenvalue weighted by Gasteiger charge is -2.15. The van der Waals surface area contributed by atoms with E-state index in [0.29, 0.717) is 18.7 Å². The zero-order valence-corrected chi connectivity index (χ0v) is 16.5. The Morgan fingerprint density at radius 3 is 2.79 bits per heavy atom. The predicted octanol–water partition coefficient (Wildman–Crippen LogP) is 3.66. The van der Waals surface area contributed by atoms with E-state index >= 15 is 0 Å². The standard InChI is InChI=1S/C23H26N4O2/c28-23(20-6-3-5-19(15-20)17-27-12-9-24-18-27)25-21-7-4-8-22(16-21)29-14-13-26-10-1-2-11-26/h3-9,12,15-16,18H,1-2,10-11,13-14,17H2,(H,25,28). The summed E-state index contributed by atoms with van der Waals surface area (Å²) >= 11 is 0. The molecule has 0 radical (unpaired) electrons. The largest absolute Gasteiger partial charge is 0.492 e. The number of carbonyl (C=O) groups excluding carboxylic acids is 1. The van der Waals surface area contributed by atoms with E-state index in [1.807, 2.05) is 59.3 Å². The average molecular weight is 390 g/mol. The molecule has 3 aromatic rings. The van der Waals surface area contributed by atoms with Crippen molar-refractivity contribution in [3.8, 4) is 5.75 Å². The van der Waals surface area contributed by atoms with Crippen molar-refractivity contribution in [3.05, 3.63) is 78.4 Å². The fraction of sp³-hybridized carbons (Fsp3) is 0.304. The minimum Gasteiger partial charge on any atom is -0.492 e. The van der Waals surface area contributed by atoms with Gasteiger partial charge in [-0.3, -0.25) is 9.69 Å². The summed E-state index contributed by atoms with van der Waals surface area (Å²) in [7, 11) is 0. The highest BCUT2D eigenvalue weighted by Crippen LogP contribution is 2.19. The third-order valence-corrected chi connectivity index (χ3v) is 5.08. The van der Waals surface area contributed by atoms with Gasteiger partial charge in [0, 0.05) is 42.8 Å². The van der Waals surface area contributed by atoms with E-state index in [9.17, 15) is 4.79 Å². The Hall–Kier alpha value is -3.12. The minimum atomic E-state index is -0.133. The van der Waals surface area contributed by atoms with Gasteiger partial charge in [0.1, 0.15) is 12.4 Å². The van der Waals surface area contributed by atoms with Gasteiger partial charge >= 0.3 is 0 Å². The molecule has 1 fully saturated rings. The molecule has 0 atom stereocenters. The molecule has 0 unspecified atom stereocenters. The number of ether oxygens (including phenoxy) is 1. The highest BCUT2D eigenvalue weighted by atomic mass is 16.5. The second-order valence-corrected chi connectivity index (χ2v) is 7.31. The molecule has 0 saturated carbocycles. The van der Waals surface area contributed by atoms with Crippen LogP contribution >= 0.6 is 0 Å². The second kappa shape index (κ2) is 9.39. The van der Waals surface area contributed by atoms with Crippen LogP contribution in [0.3, 0.4) is 0 Å². The van der Waals surface area contributed by atoms with Crippen molar-refractivity contribution >= 4 is 11.6 Å². The van der Waals surface area contributed by atoms with Crippen LogP contribution in [0.2, 0.25) is 0 Å². The molecule has 1 N–H and O–H groups in total. The highest BCUT2D eigenvalue weighted by molar-refractivity contribution is 6.04. The Morgan fingerprint density at radius 2 is 1.97 bits per heavy atom. The van der Waals surface area contributed by atoms with E-state index in [1.54, 1.807) is 12.5 Å². The number of imidazole rings is 1. The summed E-state index contributed by atoms with van der Waals surface area (Å²) < 4.78 is 7.84. The maximum atomic E-state index is 12.7. The number of aromatic nitrogens is 2. The first kappa shape index (κ1) is 19.2. The van der Waals surface area contributed by atoms with Crippen LogP contribution in [-0.2, 0) is 6.54 Å². The van der Waals surface area contributed by atoms with E-state index in [1.165, 1.54) is 25.9 Å². The number of nitrogens with zero attached hydrogens (tertiary/aromatic N) is 3. The summed E-state index contributed by atoms with van der Waals surface area (Å²) in [6.07, 6.45) is 7.98. The van der Waals surface area contributed by atoms with Crippen LogP contribution in [-0.4, -0.2) is 46.6 Å². The van der Waals surface area contributed by atoms with Crippen molar-refractivity contribution in [3.63, 3.8) is 0 Å². The van der Waals surface area contributed by atoms with Crippen molar-refractivity contribution in [2.45, 2.75) is 19.4 Å². The molecule has 1 amide bonds. The lowest BCUT2D eigenvalue weighted by molar-refractivity contribution is 0.102. The quantitative estimate of drug-likeness (QED) is 0.638. The van der Waals surface area contributed by atoms with Gasteiger partial charge in [0.15, 0.2) is 0 Å². The number of hydrogen-bond donors (Lipinski definition) is 1. The van der Waals surface area contributed by atoms with Crippen LogP contribution in [0.25, 0.3) is 0 Å². The summed E-state index contributed by atoms with van der Waals surface area (Å²) in [6, 6.07) is 15.2. The average Bonchev–Trinajstić information content (AvgIpc) is 3.43. The van der Waals surface area contributed by atoms with Crippen molar-refractivity contribution < 1.29 is 9.53 Å². The van der Waals surface area contributed by atoms with Crippen LogP contribution in [0.15, 0.2) is 67.3 Å². The smallest absolute Gasteiger partial charge is 0.255 e. The number of anilines is 1. The molecule has 0 aliphatic carbocycles. The zero-order valence-electron chi connectivity index (χ0n) is 16.5. The maximum absolute atomic E-state index is 12.7. The molecule has 1 aliphatic rings. The summed E-state index contributed by atoms with van der Waals surface area (Å²) in [6.45, 7) is 4.62. The first-order chi connectivity index (χ1) is 14.3. The first-order valence-electron chi connectivity index (χ1n) is 10.1. The van der Waals surface area contributed by atoms with E-state index in [-0.39, 0.29) is 5.91 Å². The van der Waals surface area contributed by atoms with Crippen LogP contribution < -0.4 is 10.1 Å². The Morgan fingerprint density at radius 1 is 1.10 bits per heavy atom. The van der Waals surface area contributed by atoms with Gasteiger partial charge in [-0.25, -0.2) is 4.98 Å². The van der Waals surface area contributed by atoms with E-state index in [2.05, 4.69) is 15.2 Å². The van der Waals surface area contributed by atoms with E-state index < -0.39 is 0 Å². The van der Waals surface area contributed by atoms with Gasteiger partial charge in [-0.2, -0.15) is 0 Å². The molecule has 6 heteroatoms. The third kappa shape index (κ3) is 5.45. The lowest BCUT2D eigenvalue weighted by Crippen LogP contribution is -2.25. The van der Waals surface area contributed by atoms with Crippen molar-refractivity contribution in [1.82, 2.24) is 14.5 Å². The second-order valence-electron chi connectivity index (χ2n) is 7.31. The van der Waals surface area contributed by atoms with Crippen molar-refractivity contribution in [2.24, 2.45) is 0 Å². The molecular formula is C23H26N4O2. The number of hydrogen-bond acceptors (Lipinski definition) is 4. The lowest BCUT2D eigenvalue weighted by atomic mass is 10.1. The summed E-state index contributed by atoms with van der Waals surface area (Å²) in [5.74, 6) is 0.641. The fourth-order valence-electron chi connectivity index (χ4n) is 3.57. The molecule has 1 saturated heterocycles. The molecule has 1 aromatic heterocycles. The van der Waals surface area contributed by atoms with Gasteiger partial charge in [-0.1, -0.05) is 18.2 Å². The Labute approximate surface area is 171 Å². The Balaban J connectivity index is 1.34. The summed E-state index contributed by atoms with van der Waals surface area (Å²) in [5.41, 5.74) is 2.41. The monoisotopic (exact) mass is 390 g/mol. The number of carbonyl (C=O) groups is 1. The number of likely N-dealkylation sites (tertiary alicyclic amines) is 1. The van der Waals surface area contributed by atoms with Crippen LogP contribution in [0.4, 0.5) is 5.69 Å².